The third-order valence-corrected chi connectivity index (χ3v) is 3.41. The van der Waals surface area contributed by atoms with Crippen molar-refractivity contribution >= 4 is 39.1 Å². The van der Waals surface area contributed by atoms with Crippen molar-refractivity contribution in [3.05, 3.63) is 57.5 Å². The first-order valence-corrected chi connectivity index (χ1v) is 6.67. The van der Waals surface area contributed by atoms with Crippen molar-refractivity contribution in [2.75, 3.05) is 12.4 Å². The Morgan fingerprint density at radius 1 is 1.21 bits per heavy atom. The molecule has 0 aliphatic carbocycles. The lowest BCUT2D eigenvalue weighted by molar-refractivity contribution is 0.102. The molecule has 0 aliphatic heterocycles. The Morgan fingerprint density at radius 3 is 2.47 bits per heavy atom. The van der Waals surface area contributed by atoms with E-state index in [9.17, 15) is 4.79 Å². The highest BCUT2D eigenvalue weighted by atomic mass is 79.9. The maximum absolute atomic E-state index is 12.1. The molecule has 98 valence electrons. The van der Waals surface area contributed by atoms with Crippen molar-refractivity contribution in [1.29, 1.82) is 0 Å². The van der Waals surface area contributed by atoms with Gasteiger partial charge in [0.05, 0.1) is 12.7 Å². The van der Waals surface area contributed by atoms with E-state index in [1.807, 2.05) is 0 Å². The molecular weight excluding hydrogens is 330 g/mol. The second-order valence-corrected chi connectivity index (χ2v) is 5.10. The molecule has 0 spiro atoms. The molecule has 2 aromatic carbocycles. The Labute approximate surface area is 124 Å². The van der Waals surface area contributed by atoms with Gasteiger partial charge in [0.1, 0.15) is 5.75 Å². The van der Waals surface area contributed by atoms with Gasteiger partial charge in [0, 0.05) is 15.2 Å². The third kappa shape index (κ3) is 3.49. The molecule has 2 rings (SSSR count). The lowest BCUT2D eigenvalue weighted by atomic mass is 10.2. The SMILES string of the molecule is COc1ccc(NC(=O)c2ccc(Cl)cc2Br)cc1. The van der Waals surface area contributed by atoms with Gasteiger partial charge in [0.25, 0.3) is 5.91 Å². The maximum Gasteiger partial charge on any atom is 0.256 e. The molecule has 19 heavy (non-hydrogen) atoms. The molecule has 2 aromatic rings. The van der Waals surface area contributed by atoms with Crippen LogP contribution in [0.5, 0.6) is 5.75 Å². The van der Waals surface area contributed by atoms with Gasteiger partial charge in [-0.25, -0.2) is 0 Å². The molecule has 0 fully saturated rings. The van der Waals surface area contributed by atoms with Crippen LogP contribution >= 0.6 is 27.5 Å². The molecule has 1 N–H and O–H groups in total. The van der Waals surface area contributed by atoms with Crippen LogP contribution in [0.3, 0.4) is 0 Å². The monoisotopic (exact) mass is 339 g/mol. The van der Waals surface area contributed by atoms with Gasteiger partial charge in [-0.15, -0.1) is 0 Å². The van der Waals surface area contributed by atoms with E-state index in [0.717, 1.165) is 5.75 Å². The summed E-state index contributed by atoms with van der Waals surface area (Å²) in [5, 5.41) is 3.38. The standard InChI is InChI=1S/C14H11BrClNO2/c1-19-11-5-3-10(4-6-11)17-14(18)12-7-2-9(16)8-13(12)15/h2-8H,1H3,(H,17,18). The van der Waals surface area contributed by atoms with Gasteiger partial charge in [-0.05, 0) is 58.4 Å². The fourth-order valence-corrected chi connectivity index (χ4v) is 2.41. The summed E-state index contributed by atoms with van der Waals surface area (Å²) in [5.74, 6) is 0.541. The maximum atomic E-state index is 12.1. The predicted molar refractivity (Wildman–Crippen MR) is 80.1 cm³/mol. The molecule has 0 unspecified atom stereocenters. The number of methoxy groups -OCH3 is 1. The van der Waals surface area contributed by atoms with Crippen LogP contribution in [0.4, 0.5) is 5.69 Å². The van der Waals surface area contributed by atoms with Crippen molar-refractivity contribution < 1.29 is 9.53 Å². The normalized spacial score (nSPS) is 10.1. The molecule has 0 aliphatic rings. The minimum atomic E-state index is -0.200. The highest BCUT2D eigenvalue weighted by Crippen LogP contribution is 2.23. The van der Waals surface area contributed by atoms with Gasteiger partial charge >= 0.3 is 0 Å². The first kappa shape index (κ1) is 13.9. The summed E-state index contributed by atoms with van der Waals surface area (Å²) < 4.78 is 5.71. The summed E-state index contributed by atoms with van der Waals surface area (Å²) in [4.78, 5) is 12.1. The van der Waals surface area contributed by atoms with Crippen LogP contribution in [0, 0.1) is 0 Å². The van der Waals surface area contributed by atoms with Crippen molar-refractivity contribution in [2.24, 2.45) is 0 Å². The summed E-state index contributed by atoms with van der Waals surface area (Å²) in [7, 11) is 1.60. The zero-order chi connectivity index (χ0) is 13.8. The van der Waals surface area contributed by atoms with Gasteiger partial charge in [0.2, 0.25) is 0 Å². The minimum Gasteiger partial charge on any atom is -0.497 e. The van der Waals surface area contributed by atoms with Gasteiger partial charge in [0.15, 0.2) is 0 Å². The number of anilines is 1. The average Bonchev–Trinajstić information content (AvgIpc) is 2.39. The summed E-state index contributed by atoms with van der Waals surface area (Å²) >= 11 is 9.16. The first-order valence-electron chi connectivity index (χ1n) is 5.50. The molecule has 0 saturated heterocycles. The van der Waals surface area contributed by atoms with Crippen LogP contribution in [0.1, 0.15) is 10.4 Å². The summed E-state index contributed by atoms with van der Waals surface area (Å²) in [5.41, 5.74) is 1.23. The fourth-order valence-electron chi connectivity index (χ4n) is 1.55. The predicted octanol–water partition coefficient (Wildman–Crippen LogP) is 4.36. The molecule has 0 heterocycles. The molecule has 0 atom stereocenters. The highest BCUT2D eigenvalue weighted by molar-refractivity contribution is 9.10. The highest BCUT2D eigenvalue weighted by Gasteiger charge is 2.10. The Morgan fingerprint density at radius 2 is 1.89 bits per heavy atom. The van der Waals surface area contributed by atoms with Crippen LogP contribution in [-0.2, 0) is 0 Å². The number of nitrogens with one attached hydrogen (secondary N) is 1. The largest absolute Gasteiger partial charge is 0.497 e. The lowest BCUT2D eigenvalue weighted by Crippen LogP contribution is -2.12. The molecular formula is C14H11BrClNO2. The number of benzene rings is 2. The Hall–Kier alpha value is -1.52. The first-order chi connectivity index (χ1) is 9.10. The van der Waals surface area contributed by atoms with Gasteiger partial charge in [-0.2, -0.15) is 0 Å². The summed E-state index contributed by atoms with van der Waals surface area (Å²) in [6.45, 7) is 0. The number of amides is 1. The second-order valence-electron chi connectivity index (χ2n) is 3.81. The Balaban J connectivity index is 2.15. The molecule has 5 heteroatoms. The summed E-state index contributed by atoms with van der Waals surface area (Å²) in [6.07, 6.45) is 0. The van der Waals surface area contributed by atoms with Crippen molar-refractivity contribution in [3.8, 4) is 5.75 Å². The second kappa shape index (κ2) is 6.08. The van der Waals surface area contributed by atoms with Gasteiger partial charge in [-0.3, -0.25) is 4.79 Å². The van der Waals surface area contributed by atoms with Crippen LogP contribution < -0.4 is 10.1 Å². The lowest BCUT2D eigenvalue weighted by Gasteiger charge is -2.08. The number of halogens is 2. The van der Waals surface area contributed by atoms with Crippen LogP contribution in [0.25, 0.3) is 0 Å². The van der Waals surface area contributed by atoms with E-state index in [1.165, 1.54) is 0 Å². The third-order valence-electron chi connectivity index (χ3n) is 2.52. The molecule has 0 saturated carbocycles. The van der Waals surface area contributed by atoms with E-state index in [-0.39, 0.29) is 5.91 Å². The fraction of sp³-hybridized carbons (Fsp3) is 0.0714. The van der Waals surface area contributed by atoms with Crippen molar-refractivity contribution in [3.63, 3.8) is 0 Å². The number of ether oxygens (including phenoxy) is 1. The number of carbonyl (C=O) groups is 1. The molecule has 0 bridgehead atoms. The zero-order valence-electron chi connectivity index (χ0n) is 10.1. The number of rotatable bonds is 3. The molecule has 3 nitrogen and oxygen atoms in total. The molecule has 0 radical (unpaired) electrons. The van der Waals surface area contributed by atoms with Crippen molar-refractivity contribution in [2.45, 2.75) is 0 Å². The van der Waals surface area contributed by atoms with Gasteiger partial charge < -0.3 is 10.1 Å². The van der Waals surface area contributed by atoms with Crippen molar-refractivity contribution in [1.82, 2.24) is 0 Å². The Bertz CT molecular complexity index is 599. The quantitative estimate of drug-likeness (QED) is 0.901. The number of hydrogen-bond donors (Lipinski definition) is 1. The zero-order valence-corrected chi connectivity index (χ0v) is 12.5. The van der Waals surface area contributed by atoms with Crippen LogP contribution in [0.2, 0.25) is 5.02 Å². The minimum absolute atomic E-state index is 0.200. The molecule has 0 aromatic heterocycles. The van der Waals surface area contributed by atoms with Crippen LogP contribution in [0.15, 0.2) is 46.9 Å². The number of hydrogen-bond acceptors (Lipinski definition) is 2. The average molecular weight is 341 g/mol. The van der Waals surface area contributed by atoms with E-state index in [0.29, 0.717) is 20.7 Å². The van der Waals surface area contributed by atoms with E-state index in [4.69, 9.17) is 16.3 Å². The number of carbonyl (C=O) groups excluding carboxylic acids is 1. The van der Waals surface area contributed by atoms with E-state index < -0.39 is 0 Å². The molecule has 1 amide bonds. The van der Waals surface area contributed by atoms with E-state index >= 15 is 0 Å². The van der Waals surface area contributed by atoms with E-state index in [2.05, 4.69) is 21.2 Å². The Kier molecular flexibility index (Phi) is 4.45. The van der Waals surface area contributed by atoms with E-state index in [1.54, 1.807) is 49.6 Å². The smallest absolute Gasteiger partial charge is 0.256 e. The topological polar surface area (TPSA) is 38.3 Å². The van der Waals surface area contributed by atoms with Gasteiger partial charge in [-0.1, -0.05) is 11.6 Å². The summed E-state index contributed by atoms with van der Waals surface area (Å²) in [6, 6.07) is 12.2. The van der Waals surface area contributed by atoms with Crippen LogP contribution in [-0.4, -0.2) is 13.0 Å².